The van der Waals surface area contributed by atoms with E-state index in [1.807, 2.05) is 0 Å². The summed E-state index contributed by atoms with van der Waals surface area (Å²) in [6.07, 6.45) is 0.996. The second kappa shape index (κ2) is 10.7. The van der Waals surface area contributed by atoms with Gasteiger partial charge >= 0.3 is 0 Å². The van der Waals surface area contributed by atoms with Gasteiger partial charge in [0.25, 0.3) is 0 Å². The SMILES string of the molecule is CCNC(=O)[C@@H](C)N(Cc1ccccc1F)C(=O)CN(c1cccc(Br)c1)S(C)(=O)=O. The number of carbonyl (C=O) groups is 2. The van der Waals surface area contributed by atoms with Gasteiger partial charge in [0.05, 0.1) is 11.9 Å². The zero-order chi connectivity index (χ0) is 23.2. The molecule has 0 aliphatic carbocycles. The molecule has 2 aromatic carbocycles. The highest BCUT2D eigenvalue weighted by Gasteiger charge is 2.30. The fourth-order valence-electron chi connectivity index (χ4n) is 2.96. The van der Waals surface area contributed by atoms with E-state index in [2.05, 4.69) is 21.2 Å². The summed E-state index contributed by atoms with van der Waals surface area (Å²) in [6, 6.07) is 11.5. The van der Waals surface area contributed by atoms with Crippen LogP contribution >= 0.6 is 15.9 Å². The number of benzene rings is 2. The molecule has 0 unspecified atom stereocenters. The molecule has 0 spiro atoms. The summed E-state index contributed by atoms with van der Waals surface area (Å²) in [7, 11) is -3.81. The molecular formula is C21H25BrFN3O4S. The Bertz CT molecular complexity index is 1050. The predicted octanol–water partition coefficient (Wildman–Crippen LogP) is 2.91. The molecule has 0 heterocycles. The first-order chi connectivity index (χ1) is 14.5. The topological polar surface area (TPSA) is 86.8 Å². The van der Waals surface area contributed by atoms with Crippen molar-refractivity contribution < 1.29 is 22.4 Å². The van der Waals surface area contributed by atoms with Crippen molar-refractivity contribution in [3.05, 3.63) is 64.4 Å². The van der Waals surface area contributed by atoms with Crippen LogP contribution in [-0.2, 0) is 26.2 Å². The Morgan fingerprint density at radius 1 is 1.16 bits per heavy atom. The third-order valence-corrected chi connectivity index (χ3v) is 6.23. The van der Waals surface area contributed by atoms with Gasteiger partial charge in [0, 0.05) is 23.1 Å². The van der Waals surface area contributed by atoms with Crippen molar-refractivity contribution in [1.82, 2.24) is 10.2 Å². The van der Waals surface area contributed by atoms with E-state index in [9.17, 15) is 22.4 Å². The Morgan fingerprint density at radius 3 is 2.42 bits per heavy atom. The maximum Gasteiger partial charge on any atom is 0.244 e. The summed E-state index contributed by atoms with van der Waals surface area (Å²) in [5, 5.41) is 2.64. The fraction of sp³-hybridized carbons (Fsp3) is 0.333. The average molecular weight is 514 g/mol. The molecule has 0 fully saturated rings. The molecular weight excluding hydrogens is 489 g/mol. The molecule has 10 heteroatoms. The lowest BCUT2D eigenvalue weighted by molar-refractivity contribution is -0.139. The summed E-state index contributed by atoms with van der Waals surface area (Å²) in [6.45, 7) is 2.91. The van der Waals surface area contributed by atoms with Gasteiger partial charge in [-0.2, -0.15) is 0 Å². The normalized spacial score (nSPS) is 12.2. The first-order valence-electron chi connectivity index (χ1n) is 9.58. The second-order valence-electron chi connectivity index (χ2n) is 6.93. The van der Waals surface area contributed by atoms with Gasteiger partial charge in [0.2, 0.25) is 21.8 Å². The quantitative estimate of drug-likeness (QED) is 0.558. The third-order valence-electron chi connectivity index (χ3n) is 4.59. The molecule has 0 saturated heterocycles. The number of hydrogen-bond donors (Lipinski definition) is 1. The minimum Gasteiger partial charge on any atom is -0.355 e. The van der Waals surface area contributed by atoms with Crippen LogP contribution in [0, 0.1) is 5.82 Å². The number of nitrogens with one attached hydrogen (secondary N) is 1. The van der Waals surface area contributed by atoms with Gasteiger partial charge < -0.3 is 10.2 Å². The molecule has 1 atom stereocenters. The number of halogens is 2. The van der Waals surface area contributed by atoms with Crippen LogP contribution < -0.4 is 9.62 Å². The van der Waals surface area contributed by atoms with E-state index in [1.165, 1.54) is 30.0 Å². The molecule has 0 aromatic heterocycles. The molecule has 2 amide bonds. The standard InChI is InChI=1S/C21H25BrFN3O4S/c1-4-24-21(28)15(2)25(13-16-8-5-6-11-19(16)23)20(27)14-26(31(3,29)30)18-10-7-9-17(22)12-18/h5-12,15H,4,13-14H2,1-3H3,(H,24,28)/t15-/m1/s1. The highest BCUT2D eigenvalue weighted by molar-refractivity contribution is 9.10. The maximum atomic E-state index is 14.2. The van der Waals surface area contributed by atoms with E-state index in [0.29, 0.717) is 16.7 Å². The lowest BCUT2D eigenvalue weighted by Crippen LogP contribution is -2.51. The number of likely N-dealkylation sites (N-methyl/N-ethyl adjacent to an activating group) is 1. The largest absolute Gasteiger partial charge is 0.355 e. The number of anilines is 1. The van der Waals surface area contributed by atoms with Gasteiger partial charge in [-0.05, 0) is 38.1 Å². The number of nitrogens with zero attached hydrogens (tertiary/aromatic N) is 2. The van der Waals surface area contributed by atoms with Gasteiger partial charge in [0.1, 0.15) is 18.4 Å². The summed E-state index contributed by atoms with van der Waals surface area (Å²) in [4.78, 5) is 26.8. The second-order valence-corrected chi connectivity index (χ2v) is 9.76. The van der Waals surface area contributed by atoms with Gasteiger partial charge in [-0.15, -0.1) is 0 Å². The van der Waals surface area contributed by atoms with Crippen LogP contribution in [0.2, 0.25) is 0 Å². The molecule has 31 heavy (non-hydrogen) atoms. The molecule has 1 N–H and O–H groups in total. The molecule has 0 saturated carbocycles. The Kier molecular flexibility index (Phi) is 8.58. The Balaban J connectivity index is 2.40. The van der Waals surface area contributed by atoms with Crippen LogP contribution in [0.5, 0.6) is 0 Å². The van der Waals surface area contributed by atoms with Crippen molar-refractivity contribution in [3.63, 3.8) is 0 Å². The van der Waals surface area contributed by atoms with Crippen LogP contribution in [0.1, 0.15) is 19.4 Å². The molecule has 0 radical (unpaired) electrons. The van der Waals surface area contributed by atoms with Crippen molar-refractivity contribution in [3.8, 4) is 0 Å². The lowest BCUT2D eigenvalue weighted by atomic mass is 10.1. The number of sulfonamides is 1. The summed E-state index contributed by atoms with van der Waals surface area (Å²) >= 11 is 3.29. The number of rotatable bonds is 9. The van der Waals surface area contributed by atoms with E-state index in [-0.39, 0.29) is 12.1 Å². The number of amides is 2. The van der Waals surface area contributed by atoms with Gasteiger partial charge in [-0.3, -0.25) is 13.9 Å². The average Bonchev–Trinajstić information content (AvgIpc) is 2.70. The molecule has 2 rings (SSSR count). The van der Waals surface area contributed by atoms with Crippen molar-refractivity contribution in [2.75, 3.05) is 23.7 Å². The maximum absolute atomic E-state index is 14.2. The Morgan fingerprint density at radius 2 is 1.84 bits per heavy atom. The van der Waals surface area contributed by atoms with E-state index in [0.717, 1.165) is 10.6 Å². The minimum absolute atomic E-state index is 0.181. The summed E-state index contributed by atoms with van der Waals surface area (Å²) in [5.41, 5.74) is 0.516. The zero-order valence-electron chi connectivity index (χ0n) is 17.5. The fourth-order valence-corrected chi connectivity index (χ4v) is 4.19. The minimum atomic E-state index is -3.81. The molecule has 0 aliphatic heterocycles. The molecule has 168 valence electrons. The summed E-state index contributed by atoms with van der Waals surface area (Å²) in [5.74, 6) is -1.57. The van der Waals surface area contributed by atoms with E-state index >= 15 is 0 Å². The third kappa shape index (κ3) is 6.76. The van der Waals surface area contributed by atoms with Crippen molar-refractivity contribution in [2.45, 2.75) is 26.4 Å². The summed E-state index contributed by atoms with van der Waals surface area (Å²) < 4.78 is 40.7. The van der Waals surface area contributed by atoms with Crippen molar-refractivity contribution in [2.24, 2.45) is 0 Å². The highest BCUT2D eigenvalue weighted by Crippen LogP contribution is 2.23. The Labute approximate surface area is 190 Å². The zero-order valence-corrected chi connectivity index (χ0v) is 19.9. The van der Waals surface area contributed by atoms with Crippen molar-refractivity contribution in [1.29, 1.82) is 0 Å². The van der Waals surface area contributed by atoms with Crippen LogP contribution in [0.25, 0.3) is 0 Å². The molecule has 0 aliphatic rings. The number of carbonyl (C=O) groups excluding carboxylic acids is 2. The Hall–Kier alpha value is -2.46. The van der Waals surface area contributed by atoms with Crippen LogP contribution in [0.15, 0.2) is 53.0 Å². The van der Waals surface area contributed by atoms with Gasteiger partial charge in [0.15, 0.2) is 0 Å². The van der Waals surface area contributed by atoms with Gasteiger partial charge in [-0.25, -0.2) is 12.8 Å². The lowest BCUT2D eigenvalue weighted by Gasteiger charge is -2.31. The van der Waals surface area contributed by atoms with Crippen LogP contribution in [-0.4, -0.2) is 50.5 Å². The van der Waals surface area contributed by atoms with Crippen LogP contribution in [0.3, 0.4) is 0 Å². The highest BCUT2D eigenvalue weighted by atomic mass is 79.9. The first kappa shape index (κ1) is 24.8. The van der Waals surface area contributed by atoms with E-state index < -0.39 is 40.2 Å². The van der Waals surface area contributed by atoms with E-state index in [1.54, 1.807) is 37.3 Å². The smallest absolute Gasteiger partial charge is 0.244 e. The van der Waals surface area contributed by atoms with Crippen LogP contribution in [0.4, 0.5) is 10.1 Å². The van der Waals surface area contributed by atoms with Crippen molar-refractivity contribution >= 4 is 43.5 Å². The first-order valence-corrected chi connectivity index (χ1v) is 12.2. The number of hydrogen-bond acceptors (Lipinski definition) is 4. The predicted molar refractivity (Wildman–Crippen MR) is 121 cm³/mol. The molecule has 2 aromatic rings. The molecule has 0 bridgehead atoms. The van der Waals surface area contributed by atoms with E-state index in [4.69, 9.17) is 0 Å². The van der Waals surface area contributed by atoms with Gasteiger partial charge in [-0.1, -0.05) is 40.2 Å². The monoisotopic (exact) mass is 513 g/mol. The molecule has 7 nitrogen and oxygen atoms in total.